The number of carbonyl (C=O) groups is 2. The maximum absolute atomic E-state index is 12.5. The van der Waals surface area contributed by atoms with E-state index in [4.69, 9.17) is 9.47 Å². The van der Waals surface area contributed by atoms with Crippen molar-refractivity contribution in [2.24, 2.45) is 35.5 Å². The summed E-state index contributed by atoms with van der Waals surface area (Å²) in [6.45, 7) is 12.6. The Morgan fingerprint density at radius 3 is 1.33 bits per heavy atom. The minimum absolute atomic E-state index is 0.219. The van der Waals surface area contributed by atoms with Crippen molar-refractivity contribution in [2.45, 2.75) is 104 Å². The van der Waals surface area contributed by atoms with Gasteiger partial charge in [0.2, 0.25) is 0 Å². The fourth-order valence-electron chi connectivity index (χ4n) is 5.20. The number of hydrogen-bond acceptors (Lipinski definition) is 6. The van der Waals surface area contributed by atoms with E-state index in [1.807, 2.05) is 0 Å². The number of carbonyl (C=O) groups excluding carboxylic acids is 2. The molecule has 2 aliphatic carbocycles. The zero-order chi connectivity index (χ0) is 22.6. The van der Waals surface area contributed by atoms with E-state index in [1.165, 1.54) is 0 Å². The van der Waals surface area contributed by atoms with Crippen LogP contribution in [0.2, 0.25) is 0 Å². The third-order valence-electron chi connectivity index (χ3n) is 7.24. The van der Waals surface area contributed by atoms with E-state index in [1.54, 1.807) is 0 Å². The number of hydrogen-bond donors (Lipinski definition) is 2. The number of aliphatic hydroxyl groups excluding tert-OH is 2. The monoisotopic (exact) mass is 426 g/mol. The van der Waals surface area contributed by atoms with Gasteiger partial charge in [-0.05, 0) is 61.2 Å². The molecule has 0 spiro atoms. The molecule has 0 aromatic rings. The Morgan fingerprint density at radius 1 is 0.700 bits per heavy atom. The van der Waals surface area contributed by atoms with Crippen LogP contribution in [0.5, 0.6) is 0 Å². The molecule has 2 N–H and O–H groups in total. The van der Waals surface area contributed by atoms with Crippen LogP contribution in [-0.4, -0.2) is 46.6 Å². The van der Waals surface area contributed by atoms with E-state index in [0.29, 0.717) is 23.7 Å². The Bertz CT molecular complexity index is 524. The van der Waals surface area contributed by atoms with Crippen molar-refractivity contribution in [1.29, 1.82) is 0 Å². The molecule has 6 heteroatoms. The van der Waals surface area contributed by atoms with E-state index in [2.05, 4.69) is 41.5 Å². The van der Waals surface area contributed by atoms with Crippen LogP contribution < -0.4 is 0 Å². The summed E-state index contributed by atoms with van der Waals surface area (Å²) in [6, 6.07) is 0. The number of rotatable bonds is 7. The topological polar surface area (TPSA) is 93.1 Å². The predicted octanol–water partition coefficient (Wildman–Crippen LogP) is 3.72. The predicted molar refractivity (Wildman–Crippen MR) is 114 cm³/mol. The van der Waals surface area contributed by atoms with Crippen molar-refractivity contribution in [2.75, 3.05) is 0 Å². The van der Waals surface area contributed by atoms with Gasteiger partial charge in [0.05, 0.1) is 0 Å². The quantitative estimate of drug-likeness (QED) is 0.603. The molecule has 30 heavy (non-hydrogen) atoms. The zero-order valence-corrected chi connectivity index (χ0v) is 19.5. The zero-order valence-electron chi connectivity index (χ0n) is 19.5. The molecule has 0 heterocycles. The number of aliphatic hydroxyl groups is 2. The average Bonchev–Trinajstić information content (AvgIpc) is 2.66. The lowest BCUT2D eigenvalue weighted by molar-refractivity contribution is -0.185. The molecule has 174 valence electrons. The van der Waals surface area contributed by atoms with Crippen LogP contribution in [0.25, 0.3) is 0 Å². The summed E-state index contributed by atoms with van der Waals surface area (Å²) in [5, 5.41) is 20.6. The van der Waals surface area contributed by atoms with Gasteiger partial charge in [0.1, 0.15) is 12.2 Å². The molecule has 0 unspecified atom stereocenters. The van der Waals surface area contributed by atoms with Gasteiger partial charge in [-0.25, -0.2) is 9.59 Å². The normalized spacial score (nSPS) is 34.5. The Labute approximate surface area is 181 Å². The molecule has 0 aromatic heterocycles. The largest absolute Gasteiger partial charge is 0.460 e. The molecule has 2 saturated carbocycles. The molecule has 0 radical (unpaired) electrons. The first kappa shape index (κ1) is 25.1. The second-order valence-electron chi connectivity index (χ2n) is 10.5. The Balaban J connectivity index is 1.96. The maximum Gasteiger partial charge on any atom is 0.338 e. The van der Waals surface area contributed by atoms with E-state index in [-0.39, 0.29) is 24.0 Å². The molecule has 0 aromatic carbocycles. The van der Waals surface area contributed by atoms with Crippen LogP contribution in [0.15, 0.2) is 0 Å². The Morgan fingerprint density at radius 2 is 1.03 bits per heavy atom. The first-order chi connectivity index (χ1) is 14.0. The molecule has 8 atom stereocenters. The molecule has 0 amide bonds. The molecule has 0 saturated heterocycles. The number of esters is 2. The average molecular weight is 427 g/mol. The van der Waals surface area contributed by atoms with Crippen LogP contribution in [0.3, 0.4) is 0 Å². The van der Waals surface area contributed by atoms with Gasteiger partial charge in [0.15, 0.2) is 12.2 Å². The summed E-state index contributed by atoms with van der Waals surface area (Å²) in [7, 11) is 0. The van der Waals surface area contributed by atoms with Gasteiger partial charge < -0.3 is 19.7 Å². The smallest absolute Gasteiger partial charge is 0.338 e. The van der Waals surface area contributed by atoms with E-state index >= 15 is 0 Å². The first-order valence-electron chi connectivity index (χ1n) is 11.8. The standard InChI is InChI=1S/C24H42O6/c1-13(2)17-9-7-15(5)11-19(17)29-23(27)21(25)22(26)24(28)30-20-12-16(6)8-10-18(20)14(3)4/h13-22,25-26H,7-12H2,1-6H3/t15-,16-,17-,18+,19-,20-,21+,22-/m1/s1. The molecule has 2 aliphatic rings. The van der Waals surface area contributed by atoms with Crippen molar-refractivity contribution < 1.29 is 29.3 Å². The van der Waals surface area contributed by atoms with E-state index in [9.17, 15) is 19.8 Å². The molecule has 6 nitrogen and oxygen atoms in total. The highest BCUT2D eigenvalue weighted by molar-refractivity contribution is 5.85. The van der Waals surface area contributed by atoms with Crippen LogP contribution in [0, 0.1) is 35.5 Å². The maximum atomic E-state index is 12.5. The van der Waals surface area contributed by atoms with Crippen molar-refractivity contribution in [3.8, 4) is 0 Å². The highest BCUT2D eigenvalue weighted by Crippen LogP contribution is 2.37. The highest BCUT2D eigenvalue weighted by atomic mass is 16.6. The lowest BCUT2D eigenvalue weighted by Gasteiger charge is -2.38. The van der Waals surface area contributed by atoms with Crippen molar-refractivity contribution in [1.82, 2.24) is 0 Å². The summed E-state index contributed by atoms with van der Waals surface area (Å²) in [6.07, 6.45) is 1.11. The Kier molecular flexibility index (Phi) is 9.16. The summed E-state index contributed by atoms with van der Waals surface area (Å²) < 4.78 is 11.2. The summed E-state index contributed by atoms with van der Waals surface area (Å²) in [5.41, 5.74) is 0. The van der Waals surface area contributed by atoms with Crippen molar-refractivity contribution in [3.63, 3.8) is 0 Å². The van der Waals surface area contributed by atoms with Gasteiger partial charge in [0.25, 0.3) is 0 Å². The summed E-state index contributed by atoms with van der Waals surface area (Å²) in [4.78, 5) is 25.0. The molecular weight excluding hydrogens is 384 g/mol. The molecule has 0 aliphatic heterocycles. The van der Waals surface area contributed by atoms with Gasteiger partial charge in [-0.15, -0.1) is 0 Å². The van der Waals surface area contributed by atoms with Crippen LogP contribution in [0.1, 0.15) is 80.1 Å². The fraction of sp³-hybridized carbons (Fsp3) is 0.917. The Hall–Kier alpha value is -1.14. The second kappa shape index (κ2) is 10.9. The van der Waals surface area contributed by atoms with Gasteiger partial charge in [0, 0.05) is 0 Å². The third kappa shape index (κ3) is 6.43. The molecule has 2 rings (SSSR count). The van der Waals surface area contributed by atoms with Crippen LogP contribution in [-0.2, 0) is 19.1 Å². The van der Waals surface area contributed by atoms with Crippen LogP contribution >= 0.6 is 0 Å². The summed E-state index contributed by atoms with van der Waals surface area (Å²) in [5.74, 6) is 0.126. The minimum atomic E-state index is -1.93. The van der Waals surface area contributed by atoms with E-state index in [0.717, 1.165) is 38.5 Å². The lowest BCUT2D eigenvalue weighted by Crippen LogP contribution is -2.47. The molecule has 0 bridgehead atoms. The van der Waals surface area contributed by atoms with Crippen LogP contribution in [0.4, 0.5) is 0 Å². The first-order valence-corrected chi connectivity index (χ1v) is 11.8. The molecular formula is C24H42O6. The second-order valence-corrected chi connectivity index (χ2v) is 10.5. The highest BCUT2D eigenvalue weighted by Gasteiger charge is 2.40. The van der Waals surface area contributed by atoms with Gasteiger partial charge in [-0.2, -0.15) is 0 Å². The van der Waals surface area contributed by atoms with Crippen molar-refractivity contribution in [3.05, 3.63) is 0 Å². The SMILES string of the molecule is CC(C)[C@H]1CC[C@@H](C)C[C@H]1OC(=O)[C@@H](O)[C@@H](O)C(=O)O[C@@H]1C[C@H](C)CC[C@H]1C(C)C. The van der Waals surface area contributed by atoms with E-state index < -0.39 is 24.1 Å². The number of ether oxygens (including phenoxy) is 2. The lowest BCUT2D eigenvalue weighted by atomic mass is 9.75. The summed E-state index contributed by atoms with van der Waals surface area (Å²) >= 11 is 0. The fourth-order valence-corrected chi connectivity index (χ4v) is 5.20. The van der Waals surface area contributed by atoms with Crippen molar-refractivity contribution >= 4 is 11.9 Å². The minimum Gasteiger partial charge on any atom is -0.460 e. The molecule has 2 fully saturated rings. The van der Waals surface area contributed by atoms with Gasteiger partial charge >= 0.3 is 11.9 Å². The van der Waals surface area contributed by atoms with Gasteiger partial charge in [-0.1, -0.05) is 54.4 Å². The van der Waals surface area contributed by atoms with Gasteiger partial charge in [-0.3, -0.25) is 0 Å². The third-order valence-corrected chi connectivity index (χ3v) is 7.24.